The minimum atomic E-state index is -0.722. The maximum atomic E-state index is 14.1. The molecule has 0 bridgehead atoms. The number of nitrogens with one attached hydrogen (secondary N) is 1. The van der Waals surface area contributed by atoms with E-state index in [0.717, 1.165) is 4.90 Å². The Hall–Kier alpha value is -2.05. The summed E-state index contributed by atoms with van der Waals surface area (Å²) in [5, 5.41) is 3.43. The molecule has 0 radical (unpaired) electrons. The minimum Gasteiger partial charge on any atom is -0.352 e. The predicted molar refractivity (Wildman–Crippen MR) is 112 cm³/mol. The van der Waals surface area contributed by atoms with Crippen molar-refractivity contribution >= 4 is 35.2 Å². The summed E-state index contributed by atoms with van der Waals surface area (Å²) in [6.45, 7) is 5.39. The fourth-order valence-electron chi connectivity index (χ4n) is 2.56. The first kappa shape index (κ1) is 22.2. The lowest BCUT2D eigenvalue weighted by Gasteiger charge is -2.29. The van der Waals surface area contributed by atoms with Crippen LogP contribution in [0.2, 0.25) is 5.02 Å². The molecule has 0 aliphatic carbocycles. The summed E-state index contributed by atoms with van der Waals surface area (Å²) in [6.07, 6.45) is 0. The van der Waals surface area contributed by atoms with Crippen LogP contribution in [-0.4, -0.2) is 34.6 Å². The van der Waals surface area contributed by atoms with Gasteiger partial charge in [-0.1, -0.05) is 29.8 Å². The molecule has 0 fully saturated rings. The molecule has 4 nitrogen and oxygen atoms in total. The predicted octanol–water partition coefficient (Wildman–Crippen LogP) is 4.51. The van der Waals surface area contributed by atoms with Gasteiger partial charge in [0.05, 0.1) is 5.75 Å². The Kier molecular flexibility index (Phi) is 8.33. The van der Waals surface area contributed by atoms with Crippen molar-refractivity contribution < 1.29 is 14.0 Å². The molecule has 1 atom stereocenters. The molecular formula is C21H24ClFN2O2S. The van der Waals surface area contributed by atoms with Crippen LogP contribution in [0.25, 0.3) is 0 Å². The summed E-state index contributed by atoms with van der Waals surface area (Å²) < 4.78 is 14.1. The van der Waals surface area contributed by atoms with E-state index in [-0.39, 0.29) is 30.2 Å². The van der Waals surface area contributed by atoms with Gasteiger partial charge in [-0.05, 0) is 51.1 Å². The van der Waals surface area contributed by atoms with Gasteiger partial charge in [-0.3, -0.25) is 9.59 Å². The van der Waals surface area contributed by atoms with E-state index in [9.17, 15) is 14.0 Å². The smallest absolute Gasteiger partial charge is 0.242 e. The first-order valence-electron chi connectivity index (χ1n) is 8.99. The average Bonchev–Trinajstić information content (AvgIpc) is 2.65. The Balaban J connectivity index is 2.15. The van der Waals surface area contributed by atoms with Crippen LogP contribution in [0.5, 0.6) is 0 Å². The van der Waals surface area contributed by atoms with Gasteiger partial charge in [-0.15, -0.1) is 11.8 Å². The number of carbonyl (C=O) groups excluding carboxylic acids is 2. The maximum Gasteiger partial charge on any atom is 0.242 e. The first-order chi connectivity index (χ1) is 13.3. The molecule has 150 valence electrons. The molecule has 0 aliphatic rings. The van der Waals surface area contributed by atoms with E-state index in [1.807, 2.05) is 26.0 Å². The monoisotopic (exact) mass is 422 g/mol. The summed E-state index contributed by atoms with van der Waals surface area (Å²) in [4.78, 5) is 27.7. The highest BCUT2D eigenvalue weighted by Gasteiger charge is 2.27. The van der Waals surface area contributed by atoms with Crippen molar-refractivity contribution in [1.82, 2.24) is 10.2 Å². The van der Waals surface area contributed by atoms with E-state index in [0.29, 0.717) is 10.6 Å². The molecule has 0 aromatic heterocycles. The summed E-state index contributed by atoms with van der Waals surface area (Å²) in [5.74, 6) is -0.775. The molecule has 0 heterocycles. The van der Waals surface area contributed by atoms with Crippen LogP contribution in [0, 0.1) is 5.82 Å². The molecule has 0 aliphatic heterocycles. The van der Waals surface area contributed by atoms with Gasteiger partial charge >= 0.3 is 0 Å². The second-order valence-electron chi connectivity index (χ2n) is 6.69. The lowest BCUT2D eigenvalue weighted by molar-refractivity contribution is -0.138. The van der Waals surface area contributed by atoms with Gasteiger partial charge in [0.25, 0.3) is 0 Å². The van der Waals surface area contributed by atoms with E-state index in [1.54, 1.807) is 37.3 Å². The van der Waals surface area contributed by atoms with Crippen LogP contribution in [0.15, 0.2) is 53.4 Å². The Morgan fingerprint density at radius 3 is 2.36 bits per heavy atom. The number of thioether (sulfide) groups is 1. The second-order valence-corrected chi connectivity index (χ2v) is 8.18. The zero-order chi connectivity index (χ0) is 20.7. The van der Waals surface area contributed by atoms with Gasteiger partial charge in [0.1, 0.15) is 11.9 Å². The highest BCUT2D eigenvalue weighted by molar-refractivity contribution is 8.00. The van der Waals surface area contributed by atoms with Gasteiger partial charge < -0.3 is 10.2 Å². The van der Waals surface area contributed by atoms with Gasteiger partial charge in [0.15, 0.2) is 0 Å². The normalized spacial score (nSPS) is 11.9. The molecule has 2 amide bonds. The molecule has 0 saturated heterocycles. The third-order valence-corrected chi connectivity index (χ3v) is 5.32. The summed E-state index contributed by atoms with van der Waals surface area (Å²) in [7, 11) is 0. The number of hydrogen-bond donors (Lipinski definition) is 1. The molecule has 0 spiro atoms. The summed E-state index contributed by atoms with van der Waals surface area (Å²) in [5.41, 5.74) is 0.372. The lowest BCUT2D eigenvalue weighted by atomic mass is 10.1. The van der Waals surface area contributed by atoms with Crippen LogP contribution in [0.1, 0.15) is 26.3 Å². The van der Waals surface area contributed by atoms with E-state index in [1.165, 1.54) is 22.7 Å². The number of benzene rings is 2. The molecule has 2 aromatic carbocycles. The van der Waals surface area contributed by atoms with Gasteiger partial charge in [-0.2, -0.15) is 0 Å². The number of nitrogens with zero attached hydrogens (tertiary/aromatic N) is 1. The Bertz CT molecular complexity index is 814. The fourth-order valence-corrected chi connectivity index (χ4v) is 3.47. The summed E-state index contributed by atoms with van der Waals surface area (Å²) >= 11 is 7.23. The molecule has 2 aromatic rings. The van der Waals surface area contributed by atoms with Gasteiger partial charge in [0.2, 0.25) is 11.8 Å². The third kappa shape index (κ3) is 6.53. The highest BCUT2D eigenvalue weighted by Crippen LogP contribution is 2.22. The van der Waals surface area contributed by atoms with Crippen LogP contribution < -0.4 is 5.32 Å². The van der Waals surface area contributed by atoms with Crippen molar-refractivity contribution in [3.63, 3.8) is 0 Å². The third-order valence-electron chi connectivity index (χ3n) is 4.07. The first-order valence-corrected chi connectivity index (χ1v) is 10.4. The lowest BCUT2D eigenvalue weighted by Crippen LogP contribution is -2.49. The Labute approximate surface area is 174 Å². The number of carbonyl (C=O) groups is 2. The molecule has 7 heteroatoms. The van der Waals surface area contributed by atoms with Crippen molar-refractivity contribution in [2.75, 3.05) is 5.75 Å². The van der Waals surface area contributed by atoms with Crippen molar-refractivity contribution in [1.29, 1.82) is 0 Å². The molecule has 0 saturated carbocycles. The van der Waals surface area contributed by atoms with Crippen LogP contribution in [0.4, 0.5) is 4.39 Å². The maximum absolute atomic E-state index is 14.1. The van der Waals surface area contributed by atoms with E-state index in [2.05, 4.69) is 5.32 Å². The number of amides is 2. The number of rotatable bonds is 8. The Morgan fingerprint density at radius 1 is 1.11 bits per heavy atom. The topological polar surface area (TPSA) is 49.4 Å². The van der Waals surface area contributed by atoms with Crippen molar-refractivity contribution in [2.45, 2.75) is 44.3 Å². The molecule has 1 N–H and O–H groups in total. The van der Waals surface area contributed by atoms with E-state index >= 15 is 0 Å². The number of halogens is 2. The summed E-state index contributed by atoms with van der Waals surface area (Å²) in [6, 6.07) is 12.7. The van der Waals surface area contributed by atoms with Crippen LogP contribution in [0.3, 0.4) is 0 Å². The van der Waals surface area contributed by atoms with Crippen LogP contribution in [-0.2, 0) is 16.1 Å². The quantitative estimate of drug-likeness (QED) is 0.636. The highest BCUT2D eigenvalue weighted by atomic mass is 35.5. The van der Waals surface area contributed by atoms with Crippen LogP contribution >= 0.6 is 23.4 Å². The van der Waals surface area contributed by atoms with Crippen molar-refractivity contribution in [2.24, 2.45) is 0 Å². The van der Waals surface area contributed by atoms with E-state index in [4.69, 9.17) is 11.6 Å². The second kappa shape index (κ2) is 10.5. The minimum absolute atomic E-state index is 0.0271. The van der Waals surface area contributed by atoms with Gasteiger partial charge in [-0.25, -0.2) is 4.39 Å². The van der Waals surface area contributed by atoms with Crippen molar-refractivity contribution in [3.05, 3.63) is 64.9 Å². The van der Waals surface area contributed by atoms with Crippen molar-refractivity contribution in [3.8, 4) is 0 Å². The van der Waals surface area contributed by atoms with Gasteiger partial charge in [0, 0.05) is 28.1 Å². The van der Waals surface area contributed by atoms with E-state index < -0.39 is 11.9 Å². The SMILES string of the molecule is CC(C)NC(=O)[C@@H](C)N(Cc1ccccc1F)C(=O)CSc1ccc(Cl)cc1. The molecule has 28 heavy (non-hydrogen) atoms. The zero-order valence-electron chi connectivity index (χ0n) is 16.1. The molecular weight excluding hydrogens is 399 g/mol. The number of hydrogen-bond acceptors (Lipinski definition) is 3. The average molecular weight is 423 g/mol. The molecule has 2 rings (SSSR count). The largest absolute Gasteiger partial charge is 0.352 e. The molecule has 0 unspecified atom stereocenters. The zero-order valence-corrected chi connectivity index (χ0v) is 17.7. The Morgan fingerprint density at radius 2 is 1.75 bits per heavy atom. The fraction of sp³-hybridized carbons (Fsp3) is 0.333. The standard InChI is InChI=1S/C21H24ClFN2O2S/c1-14(2)24-21(27)15(3)25(12-16-6-4-5-7-19(16)23)20(26)13-28-18-10-8-17(22)9-11-18/h4-11,14-15H,12-13H2,1-3H3,(H,24,27)/t15-/m1/s1.